The molecule has 3 aromatic heterocycles. The number of hydrogen-bond acceptors (Lipinski definition) is 2. The molecule has 0 radical (unpaired) electrons. The summed E-state index contributed by atoms with van der Waals surface area (Å²) in [6, 6.07) is 110. The van der Waals surface area contributed by atoms with Crippen LogP contribution in [-0.2, 0) is 10.8 Å². The van der Waals surface area contributed by atoms with Gasteiger partial charge in [-0.1, -0.05) is 222 Å². The Morgan fingerprint density at radius 2 is 0.582 bits per heavy atom. The van der Waals surface area contributed by atoms with Crippen molar-refractivity contribution in [1.82, 2.24) is 13.7 Å². The van der Waals surface area contributed by atoms with Crippen LogP contribution in [0.3, 0.4) is 0 Å². The molecular weight excluding hydrogens is 1100 g/mol. The van der Waals surface area contributed by atoms with E-state index >= 15 is 0 Å². The minimum Gasteiger partial charge on any atom is -0.311 e. The van der Waals surface area contributed by atoms with Crippen LogP contribution in [0.4, 0.5) is 34.1 Å². The summed E-state index contributed by atoms with van der Waals surface area (Å²) < 4.78 is 7.46. The lowest BCUT2D eigenvalue weighted by Gasteiger charge is -2.44. The van der Waals surface area contributed by atoms with Crippen molar-refractivity contribution in [2.45, 2.75) is 44.9 Å². The molecule has 3 aliphatic rings. The lowest BCUT2D eigenvalue weighted by atomic mass is 9.33. The number of benzene rings is 13. The van der Waals surface area contributed by atoms with Crippen molar-refractivity contribution in [1.29, 1.82) is 0 Å². The fourth-order valence-electron chi connectivity index (χ4n) is 16.9. The van der Waals surface area contributed by atoms with Crippen LogP contribution < -0.4 is 26.2 Å². The van der Waals surface area contributed by atoms with Gasteiger partial charge in [0.25, 0.3) is 6.71 Å². The van der Waals surface area contributed by atoms with Gasteiger partial charge in [-0.3, -0.25) is 0 Å². The van der Waals surface area contributed by atoms with Crippen LogP contribution >= 0.6 is 0 Å². The van der Waals surface area contributed by atoms with Crippen LogP contribution in [0.25, 0.3) is 105 Å². The molecular formula is C85H62BN5. The highest BCUT2D eigenvalue weighted by Crippen LogP contribution is 2.52. The smallest absolute Gasteiger partial charge is 0.252 e. The normalized spacial score (nSPS) is 14.4. The van der Waals surface area contributed by atoms with E-state index in [2.05, 4.69) is 342 Å². The van der Waals surface area contributed by atoms with Crippen LogP contribution in [0.2, 0.25) is 0 Å². The molecule has 0 unspecified atom stereocenters. The molecule has 1 aliphatic carbocycles. The Morgan fingerprint density at radius 3 is 1.00 bits per heavy atom. The zero-order chi connectivity index (χ0) is 60.4. The van der Waals surface area contributed by atoms with Gasteiger partial charge in [0.15, 0.2) is 0 Å². The second-order valence-electron chi connectivity index (χ2n) is 26.8. The number of fused-ring (bicyclic) bond motifs is 14. The molecule has 0 N–H and O–H groups in total. The average molecular weight is 1160 g/mol. The largest absolute Gasteiger partial charge is 0.311 e. The van der Waals surface area contributed by atoms with E-state index in [1.807, 2.05) is 0 Å². The SMILES string of the molecule is CC1(C)CC(C)(C)c2cc(-c3ccc(N4c5cc(-n6c7ccccc7c7ccccc76)ccc5B5c6ccc(-n7c8ccccc8c8ccccc87)cc6N(c6ccc(-c7ccccc7)cc6)c6cc(-n7c8ccccc8c8ccccc87)cc4c65)cc3)ccc21. The molecule has 91 heavy (non-hydrogen) atoms. The number of aromatic nitrogens is 3. The number of nitrogens with zero attached hydrogens (tertiary/aromatic N) is 5. The molecule has 2 aliphatic heterocycles. The van der Waals surface area contributed by atoms with E-state index in [-0.39, 0.29) is 17.5 Å². The first kappa shape index (κ1) is 51.9. The third-order valence-electron chi connectivity index (χ3n) is 20.6. The Kier molecular flexibility index (Phi) is 11.0. The van der Waals surface area contributed by atoms with Gasteiger partial charge in [0, 0.05) is 77.8 Å². The van der Waals surface area contributed by atoms with Gasteiger partial charge >= 0.3 is 0 Å². The molecule has 0 bridgehead atoms. The van der Waals surface area contributed by atoms with Gasteiger partial charge in [-0.25, -0.2) is 0 Å². The van der Waals surface area contributed by atoms with Gasteiger partial charge in [0.05, 0.1) is 38.8 Å². The first-order valence-electron chi connectivity index (χ1n) is 32.1. The van der Waals surface area contributed by atoms with Crippen LogP contribution in [0.15, 0.2) is 291 Å². The Balaban J connectivity index is 0.914. The molecule has 13 aromatic carbocycles. The highest BCUT2D eigenvalue weighted by Gasteiger charge is 2.45. The summed E-state index contributed by atoms with van der Waals surface area (Å²) in [5.41, 5.74) is 28.9. The van der Waals surface area contributed by atoms with E-state index in [9.17, 15) is 0 Å². The first-order chi connectivity index (χ1) is 44.6. The highest BCUT2D eigenvalue weighted by molar-refractivity contribution is 7.00. The van der Waals surface area contributed by atoms with Crippen molar-refractivity contribution in [2.75, 3.05) is 9.80 Å². The van der Waals surface area contributed by atoms with Crippen molar-refractivity contribution < 1.29 is 0 Å². The van der Waals surface area contributed by atoms with Gasteiger partial charge in [0.1, 0.15) is 0 Å². The van der Waals surface area contributed by atoms with Gasteiger partial charge in [-0.15, -0.1) is 0 Å². The predicted molar refractivity (Wildman–Crippen MR) is 385 cm³/mol. The van der Waals surface area contributed by atoms with Crippen molar-refractivity contribution >= 4 is 123 Å². The van der Waals surface area contributed by atoms with Gasteiger partial charge in [-0.05, 0) is 164 Å². The molecule has 0 saturated carbocycles. The van der Waals surface area contributed by atoms with Gasteiger partial charge in [-0.2, -0.15) is 0 Å². The third-order valence-corrected chi connectivity index (χ3v) is 20.6. The molecule has 0 spiro atoms. The topological polar surface area (TPSA) is 21.3 Å². The van der Waals surface area contributed by atoms with Crippen molar-refractivity contribution in [3.05, 3.63) is 302 Å². The second kappa shape index (κ2) is 19.2. The van der Waals surface area contributed by atoms with Crippen LogP contribution in [-0.4, -0.2) is 20.4 Å². The summed E-state index contributed by atoms with van der Waals surface area (Å²) in [4.78, 5) is 5.19. The molecule has 5 heterocycles. The van der Waals surface area contributed by atoms with Crippen LogP contribution in [0, 0.1) is 0 Å². The Morgan fingerprint density at radius 1 is 0.264 bits per heavy atom. The standard InChI is InChI=1S/C85H62BN5/c1-84(2)53-85(3,4)70-48-57(38-45-69(70)84)56-36-41-59(42-37-56)88-80-50-61(90-75-30-16-10-24-65(75)66-25-11-17-31-76(66)90)44-47-72(80)86-71-46-43-60(89-73-28-14-8-22-63(73)64-23-9-15-29-74(64)89)49-79(71)87(58-39-34-55(35-40-58)54-20-6-5-7-21-54)81-51-62(52-82(88)83(81)86)91-77-32-18-12-26-67(77)68-27-13-19-33-78(68)91/h5-52H,53H2,1-4H3. The Bertz CT molecular complexity index is 5540. The van der Waals surface area contributed by atoms with Crippen LogP contribution in [0.1, 0.15) is 45.2 Å². The molecule has 430 valence electrons. The number of hydrogen-bond donors (Lipinski definition) is 0. The monoisotopic (exact) mass is 1160 g/mol. The van der Waals surface area contributed by atoms with Crippen molar-refractivity contribution in [2.24, 2.45) is 0 Å². The molecule has 19 rings (SSSR count). The minimum absolute atomic E-state index is 0.0838. The summed E-state index contributed by atoms with van der Waals surface area (Å²) in [6.45, 7) is 9.49. The molecule has 0 fully saturated rings. The summed E-state index contributed by atoms with van der Waals surface area (Å²) >= 11 is 0. The Labute approximate surface area is 529 Å². The average Bonchev–Trinajstić information content (AvgIpc) is 1.18. The van der Waals surface area contributed by atoms with E-state index in [0.29, 0.717) is 0 Å². The van der Waals surface area contributed by atoms with E-state index < -0.39 is 0 Å². The maximum Gasteiger partial charge on any atom is 0.252 e. The maximum atomic E-state index is 2.60. The summed E-state index contributed by atoms with van der Waals surface area (Å²) in [6.07, 6.45) is 1.13. The Hall–Kier alpha value is -11.1. The predicted octanol–water partition coefficient (Wildman–Crippen LogP) is 20.4. The zero-order valence-electron chi connectivity index (χ0n) is 51.2. The lowest BCUT2D eigenvalue weighted by molar-refractivity contribution is 0.403. The van der Waals surface area contributed by atoms with E-state index in [1.54, 1.807) is 0 Å². The number of rotatable bonds is 7. The first-order valence-corrected chi connectivity index (χ1v) is 32.1. The lowest BCUT2D eigenvalue weighted by Crippen LogP contribution is -2.61. The zero-order valence-corrected chi connectivity index (χ0v) is 51.2. The maximum absolute atomic E-state index is 2.60. The van der Waals surface area contributed by atoms with Crippen molar-refractivity contribution in [3.63, 3.8) is 0 Å². The number of para-hydroxylation sites is 6. The molecule has 0 atom stereocenters. The summed E-state index contributed by atoms with van der Waals surface area (Å²) in [5.74, 6) is 0. The third kappa shape index (κ3) is 7.60. The molecule has 0 saturated heterocycles. The summed E-state index contributed by atoms with van der Waals surface area (Å²) in [7, 11) is 0. The van der Waals surface area contributed by atoms with E-state index in [0.717, 1.165) is 68.6 Å². The minimum atomic E-state index is -0.156. The fraction of sp³-hybridized carbons (Fsp3) is 0.0824. The van der Waals surface area contributed by atoms with Crippen molar-refractivity contribution in [3.8, 4) is 39.3 Å². The molecule has 0 amide bonds. The van der Waals surface area contributed by atoms with E-state index in [1.165, 1.54) is 104 Å². The quantitative estimate of drug-likeness (QED) is 0.148. The fourth-order valence-corrected chi connectivity index (χ4v) is 16.9. The highest BCUT2D eigenvalue weighted by atomic mass is 15.2. The molecule has 16 aromatic rings. The van der Waals surface area contributed by atoms with Crippen LogP contribution in [0.5, 0.6) is 0 Å². The van der Waals surface area contributed by atoms with Gasteiger partial charge in [0.2, 0.25) is 0 Å². The number of anilines is 6. The molecule has 6 heteroatoms. The van der Waals surface area contributed by atoms with E-state index in [4.69, 9.17) is 0 Å². The molecule has 5 nitrogen and oxygen atoms in total. The second-order valence-corrected chi connectivity index (χ2v) is 26.8. The van der Waals surface area contributed by atoms with Gasteiger partial charge < -0.3 is 23.5 Å². The summed E-state index contributed by atoms with van der Waals surface area (Å²) in [5, 5.41) is 7.41.